The van der Waals surface area contributed by atoms with Crippen molar-refractivity contribution in [3.63, 3.8) is 0 Å². The molecule has 21 heavy (non-hydrogen) atoms. The van der Waals surface area contributed by atoms with E-state index in [0.29, 0.717) is 0 Å². The monoisotopic (exact) mass is 283 g/mol. The van der Waals surface area contributed by atoms with E-state index in [4.69, 9.17) is 0 Å². The second kappa shape index (κ2) is 6.81. The van der Waals surface area contributed by atoms with Crippen LogP contribution in [-0.2, 0) is 0 Å². The molecular weight excluding hydrogens is 258 g/mol. The van der Waals surface area contributed by atoms with Gasteiger partial charge in [-0.2, -0.15) is 10.2 Å². The minimum Gasteiger partial charge on any atom is -0.306 e. The molecule has 3 heteroatoms. The molecule has 3 nitrogen and oxygen atoms in total. The third-order valence-corrected chi connectivity index (χ3v) is 3.80. The highest BCUT2D eigenvalue weighted by Gasteiger charge is 2.18. The van der Waals surface area contributed by atoms with Crippen molar-refractivity contribution in [2.24, 2.45) is 0 Å². The molecule has 0 aliphatic rings. The van der Waals surface area contributed by atoms with Crippen molar-refractivity contribution in [3.05, 3.63) is 57.9 Å². The van der Waals surface area contributed by atoms with Gasteiger partial charge in [-0.3, -0.25) is 0 Å². The molecule has 0 saturated heterocycles. The summed E-state index contributed by atoms with van der Waals surface area (Å²) in [6, 6.07) is 8.97. The van der Waals surface area contributed by atoms with Crippen LogP contribution in [-0.4, -0.2) is 16.7 Å². The van der Waals surface area contributed by atoms with Gasteiger partial charge in [-0.05, 0) is 63.4 Å². The number of aryl methyl sites for hydroxylation is 4. The van der Waals surface area contributed by atoms with Crippen LogP contribution in [0.4, 0.5) is 0 Å². The molecular formula is C18H25N3. The summed E-state index contributed by atoms with van der Waals surface area (Å²) in [5.74, 6) is 0. The van der Waals surface area contributed by atoms with Gasteiger partial charge < -0.3 is 5.32 Å². The second-order valence-corrected chi connectivity index (χ2v) is 5.77. The van der Waals surface area contributed by atoms with E-state index >= 15 is 0 Å². The van der Waals surface area contributed by atoms with Crippen molar-refractivity contribution in [1.29, 1.82) is 0 Å². The molecule has 1 unspecified atom stereocenters. The number of rotatable bonds is 5. The molecule has 1 atom stereocenters. The maximum atomic E-state index is 4.30. The molecule has 1 aromatic carbocycles. The smallest absolute Gasteiger partial charge is 0.0651 e. The van der Waals surface area contributed by atoms with Gasteiger partial charge in [-0.1, -0.05) is 30.7 Å². The van der Waals surface area contributed by atoms with Crippen molar-refractivity contribution in [1.82, 2.24) is 15.5 Å². The molecule has 0 amide bonds. The molecule has 0 aliphatic carbocycles. The van der Waals surface area contributed by atoms with Crippen molar-refractivity contribution < 1.29 is 0 Å². The van der Waals surface area contributed by atoms with Crippen LogP contribution in [0.3, 0.4) is 0 Å². The first-order valence-electron chi connectivity index (χ1n) is 7.64. The zero-order valence-corrected chi connectivity index (χ0v) is 13.7. The minimum absolute atomic E-state index is 0.180. The predicted octanol–water partition coefficient (Wildman–Crippen LogP) is 3.80. The Morgan fingerprint density at radius 2 is 1.76 bits per heavy atom. The Labute approximate surface area is 127 Å². The number of aromatic nitrogens is 2. The van der Waals surface area contributed by atoms with Gasteiger partial charge in [0, 0.05) is 0 Å². The molecule has 1 heterocycles. The molecule has 112 valence electrons. The van der Waals surface area contributed by atoms with Crippen LogP contribution in [0.2, 0.25) is 0 Å². The molecule has 0 spiro atoms. The van der Waals surface area contributed by atoms with Crippen LogP contribution >= 0.6 is 0 Å². The summed E-state index contributed by atoms with van der Waals surface area (Å²) in [6.45, 7) is 11.5. The average Bonchev–Trinajstić information content (AvgIpc) is 2.46. The van der Waals surface area contributed by atoms with Gasteiger partial charge in [0.25, 0.3) is 0 Å². The average molecular weight is 283 g/mol. The van der Waals surface area contributed by atoms with Gasteiger partial charge in [-0.15, -0.1) is 0 Å². The maximum absolute atomic E-state index is 4.30. The predicted molar refractivity (Wildman–Crippen MR) is 87.6 cm³/mol. The largest absolute Gasteiger partial charge is 0.306 e. The first kappa shape index (κ1) is 15.6. The van der Waals surface area contributed by atoms with E-state index in [1.807, 2.05) is 13.8 Å². The van der Waals surface area contributed by atoms with E-state index < -0.39 is 0 Å². The Balaban J connectivity index is 2.52. The fourth-order valence-corrected chi connectivity index (χ4v) is 2.61. The molecule has 0 bridgehead atoms. The quantitative estimate of drug-likeness (QED) is 0.907. The fourth-order valence-electron chi connectivity index (χ4n) is 2.61. The lowest BCUT2D eigenvalue weighted by Crippen LogP contribution is -2.25. The van der Waals surface area contributed by atoms with Crippen LogP contribution in [0.15, 0.2) is 24.3 Å². The van der Waals surface area contributed by atoms with Gasteiger partial charge in [0.1, 0.15) is 0 Å². The standard InChI is InChI=1S/C18H25N3/c1-6-9-19-18(16-10-12(2)7-8-13(16)3)17-11-14(4)20-21-15(17)5/h7-8,10-11,18-19H,6,9H2,1-5H3. The number of benzene rings is 1. The van der Waals surface area contributed by atoms with E-state index in [0.717, 1.165) is 24.4 Å². The summed E-state index contributed by atoms with van der Waals surface area (Å²) in [5.41, 5.74) is 7.11. The van der Waals surface area contributed by atoms with Crippen LogP contribution in [0.25, 0.3) is 0 Å². The summed E-state index contributed by atoms with van der Waals surface area (Å²) in [4.78, 5) is 0. The van der Waals surface area contributed by atoms with Crippen LogP contribution in [0.5, 0.6) is 0 Å². The number of hydrogen-bond acceptors (Lipinski definition) is 3. The van der Waals surface area contributed by atoms with Gasteiger partial charge >= 0.3 is 0 Å². The number of nitrogens with one attached hydrogen (secondary N) is 1. The van der Waals surface area contributed by atoms with Crippen molar-refractivity contribution in [3.8, 4) is 0 Å². The van der Waals surface area contributed by atoms with Gasteiger partial charge in [0.05, 0.1) is 17.4 Å². The maximum Gasteiger partial charge on any atom is 0.0651 e. The van der Waals surface area contributed by atoms with E-state index in [1.165, 1.54) is 22.3 Å². The zero-order valence-electron chi connectivity index (χ0n) is 13.7. The SMILES string of the molecule is CCCNC(c1cc(C)ccc1C)c1cc(C)nnc1C. The van der Waals surface area contributed by atoms with E-state index in [1.54, 1.807) is 0 Å². The highest BCUT2D eigenvalue weighted by Crippen LogP contribution is 2.27. The number of hydrogen-bond donors (Lipinski definition) is 1. The molecule has 0 aliphatic heterocycles. The van der Waals surface area contributed by atoms with E-state index in [9.17, 15) is 0 Å². The second-order valence-electron chi connectivity index (χ2n) is 5.77. The number of nitrogens with zero attached hydrogens (tertiary/aromatic N) is 2. The van der Waals surface area contributed by atoms with Crippen LogP contribution in [0.1, 0.15) is 53.0 Å². The Morgan fingerprint density at radius 1 is 1.00 bits per heavy atom. The van der Waals surface area contributed by atoms with Crippen molar-refractivity contribution in [2.45, 2.75) is 47.1 Å². The Kier molecular flexibility index (Phi) is 5.07. The minimum atomic E-state index is 0.180. The first-order chi connectivity index (χ1) is 10.0. The molecule has 2 aromatic rings. The lowest BCUT2D eigenvalue weighted by molar-refractivity contribution is 0.588. The Bertz CT molecular complexity index is 568. The normalized spacial score (nSPS) is 12.4. The van der Waals surface area contributed by atoms with Gasteiger partial charge in [0.2, 0.25) is 0 Å². The lowest BCUT2D eigenvalue weighted by atomic mass is 9.92. The van der Waals surface area contributed by atoms with Crippen LogP contribution in [0, 0.1) is 27.7 Å². The highest BCUT2D eigenvalue weighted by atomic mass is 15.1. The van der Waals surface area contributed by atoms with Crippen LogP contribution < -0.4 is 5.32 Å². The van der Waals surface area contributed by atoms with Crippen molar-refractivity contribution >= 4 is 0 Å². The lowest BCUT2D eigenvalue weighted by Gasteiger charge is -2.23. The highest BCUT2D eigenvalue weighted by molar-refractivity contribution is 5.40. The van der Waals surface area contributed by atoms with Gasteiger partial charge in [-0.25, -0.2) is 0 Å². The molecule has 0 radical (unpaired) electrons. The summed E-state index contributed by atoms with van der Waals surface area (Å²) in [7, 11) is 0. The van der Waals surface area contributed by atoms with E-state index in [2.05, 4.69) is 60.6 Å². The molecule has 1 aromatic heterocycles. The Hall–Kier alpha value is -1.74. The third kappa shape index (κ3) is 3.67. The molecule has 0 fully saturated rings. The zero-order chi connectivity index (χ0) is 15.4. The summed E-state index contributed by atoms with van der Waals surface area (Å²) >= 11 is 0. The topological polar surface area (TPSA) is 37.8 Å². The summed E-state index contributed by atoms with van der Waals surface area (Å²) < 4.78 is 0. The molecule has 2 rings (SSSR count). The summed E-state index contributed by atoms with van der Waals surface area (Å²) in [6.07, 6.45) is 1.11. The first-order valence-corrected chi connectivity index (χ1v) is 7.64. The third-order valence-electron chi connectivity index (χ3n) is 3.80. The van der Waals surface area contributed by atoms with E-state index in [-0.39, 0.29) is 6.04 Å². The molecule has 0 saturated carbocycles. The summed E-state index contributed by atoms with van der Waals surface area (Å²) in [5, 5.41) is 12.1. The van der Waals surface area contributed by atoms with Gasteiger partial charge in [0.15, 0.2) is 0 Å². The van der Waals surface area contributed by atoms with Crippen molar-refractivity contribution in [2.75, 3.05) is 6.54 Å². The fraction of sp³-hybridized carbons (Fsp3) is 0.444. The Morgan fingerprint density at radius 3 is 2.48 bits per heavy atom. The molecule has 1 N–H and O–H groups in total.